The summed E-state index contributed by atoms with van der Waals surface area (Å²) < 4.78 is 2.02. The Bertz CT molecular complexity index is 1500. The highest BCUT2D eigenvalue weighted by atomic mass is 16.2. The third kappa shape index (κ3) is 4.75. The van der Waals surface area contributed by atoms with Crippen LogP contribution >= 0.6 is 0 Å². The number of carbonyl (C=O) groups excluding carboxylic acids is 1. The third-order valence-corrected chi connectivity index (χ3v) is 5.93. The van der Waals surface area contributed by atoms with Gasteiger partial charge in [0.1, 0.15) is 17.5 Å². The molecule has 5 aromatic rings. The lowest BCUT2D eigenvalue weighted by Crippen LogP contribution is -2.22. The molecule has 0 atom stereocenters. The van der Waals surface area contributed by atoms with Crippen LogP contribution in [0.4, 0.5) is 16.3 Å². The van der Waals surface area contributed by atoms with Crippen LogP contribution in [-0.4, -0.2) is 10.6 Å². The van der Waals surface area contributed by atoms with Gasteiger partial charge in [0.2, 0.25) is 0 Å². The van der Waals surface area contributed by atoms with Gasteiger partial charge >= 0.3 is 6.03 Å². The van der Waals surface area contributed by atoms with E-state index in [9.17, 15) is 10.1 Å². The summed E-state index contributed by atoms with van der Waals surface area (Å²) >= 11 is 0. The fraction of sp³-hybridized carbons (Fsp3) is 0.0323. The van der Waals surface area contributed by atoms with Gasteiger partial charge in [0.05, 0.1) is 5.69 Å². The summed E-state index contributed by atoms with van der Waals surface area (Å²) in [5, 5.41) is 16.2. The number of rotatable bonds is 6. The number of aromatic nitrogens is 1. The first-order valence-corrected chi connectivity index (χ1v) is 11.7. The fourth-order valence-corrected chi connectivity index (χ4v) is 4.35. The predicted octanol–water partition coefficient (Wildman–Crippen LogP) is 7.39. The highest BCUT2D eigenvalue weighted by Gasteiger charge is 2.26. The maximum atomic E-state index is 13.1. The van der Waals surface area contributed by atoms with Gasteiger partial charge in [-0.25, -0.2) is 4.79 Å². The van der Waals surface area contributed by atoms with E-state index >= 15 is 0 Å². The Labute approximate surface area is 210 Å². The third-order valence-electron chi connectivity index (χ3n) is 5.93. The molecule has 2 amide bonds. The Morgan fingerprint density at radius 2 is 1.22 bits per heavy atom. The molecule has 1 heterocycles. The number of nitrogens with one attached hydrogen (secondary N) is 2. The molecule has 0 bridgehead atoms. The minimum Gasteiger partial charge on any atom is -0.321 e. The molecule has 5 nitrogen and oxygen atoms in total. The van der Waals surface area contributed by atoms with E-state index in [0.29, 0.717) is 23.6 Å². The first kappa shape index (κ1) is 22.7. The lowest BCUT2D eigenvalue weighted by Gasteiger charge is -2.16. The van der Waals surface area contributed by atoms with Crippen molar-refractivity contribution in [3.8, 4) is 28.5 Å². The van der Waals surface area contributed by atoms with Gasteiger partial charge in [0, 0.05) is 17.8 Å². The lowest BCUT2D eigenvalue weighted by atomic mass is 9.98. The molecule has 0 saturated carbocycles. The number of hydrogen-bond donors (Lipinski definition) is 2. The molecule has 0 spiro atoms. The number of benzene rings is 4. The van der Waals surface area contributed by atoms with Crippen molar-refractivity contribution in [2.45, 2.75) is 6.54 Å². The molecule has 174 valence electrons. The summed E-state index contributed by atoms with van der Waals surface area (Å²) in [6.07, 6.45) is 0. The molecule has 0 aliphatic rings. The van der Waals surface area contributed by atoms with E-state index in [2.05, 4.69) is 16.7 Å². The van der Waals surface area contributed by atoms with E-state index < -0.39 is 6.03 Å². The first-order chi connectivity index (χ1) is 17.7. The average Bonchev–Trinajstić information content (AvgIpc) is 3.23. The molecule has 0 aliphatic carbocycles. The van der Waals surface area contributed by atoms with Crippen molar-refractivity contribution in [2.24, 2.45) is 0 Å². The zero-order valence-electron chi connectivity index (χ0n) is 19.6. The van der Waals surface area contributed by atoms with Crippen LogP contribution < -0.4 is 10.6 Å². The standard InChI is InChI=1S/C31H24N4O/c32-21-27-28(24-15-7-2-8-16-24)29(25-17-9-3-10-18-25)35(22-23-13-5-1-6-14-23)30(27)34-31(36)33-26-19-11-4-12-20-26/h1-20H,22H2,(H2,33,34,36). The summed E-state index contributed by atoms with van der Waals surface area (Å²) in [7, 11) is 0. The Morgan fingerprint density at radius 3 is 1.81 bits per heavy atom. The van der Waals surface area contributed by atoms with Crippen LogP contribution in [0.1, 0.15) is 11.1 Å². The number of hydrogen-bond acceptors (Lipinski definition) is 2. The molecular formula is C31H24N4O. The zero-order chi connectivity index (χ0) is 24.7. The molecule has 36 heavy (non-hydrogen) atoms. The van der Waals surface area contributed by atoms with Gasteiger partial charge in [0.15, 0.2) is 0 Å². The van der Waals surface area contributed by atoms with Gasteiger partial charge in [-0.1, -0.05) is 109 Å². The molecule has 5 heteroatoms. The summed E-state index contributed by atoms with van der Waals surface area (Å²) in [6.45, 7) is 0.480. The van der Waals surface area contributed by atoms with E-state index in [1.807, 2.05) is 126 Å². The number of anilines is 2. The predicted molar refractivity (Wildman–Crippen MR) is 145 cm³/mol. The van der Waals surface area contributed by atoms with Crippen molar-refractivity contribution in [1.29, 1.82) is 5.26 Å². The van der Waals surface area contributed by atoms with Crippen LogP contribution in [-0.2, 0) is 6.54 Å². The Hall–Kier alpha value is -5.08. The number of nitrogens with zero attached hydrogens (tertiary/aromatic N) is 2. The van der Waals surface area contributed by atoms with Gasteiger partial charge in [0.25, 0.3) is 0 Å². The van der Waals surface area contributed by atoms with Crippen molar-refractivity contribution in [1.82, 2.24) is 4.57 Å². The Morgan fingerprint density at radius 1 is 0.694 bits per heavy atom. The molecule has 5 rings (SSSR count). The second kappa shape index (κ2) is 10.5. The van der Waals surface area contributed by atoms with Crippen LogP contribution in [0.2, 0.25) is 0 Å². The van der Waals surface area contributed by atoms with Gasteiger partial charge in [-0.05, 0) is 28.8 Å². The lowest BCUT2D eigenvalue weighted by molar-refractivity contribution is 0.262. The molecular weight excluding hydrogens is 444 g/mol. The molecule has 4 aromatic carbocycles. The smallest absolute Gasteiger partial charge is 0.321 e. The largest absolute Gasteiger partial charge is 0.324 e. The molecule has 0 fully saturated rings. The van der Waals surface area contributed by atoms with Crippen molar-refractivity contribution in [2.75, 3.05) is 10.6 Å². The van der Waals surface area contributed by atoms with Gasteiger partial charge in [-0.2, -0.15) is 5.26 Å². The number of amides is 2. The molecule has 0 unspecified atom stereocenters. The quantitative estimate of drug-likeness (QED) is 0.273. The SMILES string of the molecule is N#Cc1c(-c2ccccc2)c(-c2ccccc2)n(Cc2ccccc2)c1NC(=O)Nc1ccccc1. The maximum absolute atomic E-state index is 13.1. The normalized spacial score (nSPS) is 10.4. The van der Waals surface area contributed by atoms with E-state index in [0.717, 1.165) is 27.9 Å². The van der Waals surface area contributed by atoms with Crippen molar-refractivity contribution in [3.05, 3.63) is 132 Å². The van der Waals surface area contributed by atoms with Crippen molar-refractivity contribution in [3.63, 3.8) is 0 Å². The number of carbonyl (C=O) groups is 1. The number of para-hydroxylation sites is 1. The Balaban J connectivity index is 1.71. The minimum atomic E-state index is -0.413. The number of urea groups is 1. The molecule has 1 aromatic heterocycles. The monoisotopic (exact) mass is 468 g/mol. The average molecular weight is 469 g/mol. The summed E-state index contributed by atoms with van der Waals surface area (Å²) in [4.78, 5) is 13.1. The Kier molecular flexibility index (Phi) is 6.59. The van der Waals surface area contributed by atoms with E-state index in [4.69, 9.17) is 0 Å². The topological polar surface area (TPSA) is 69.8 Å². The molecule has 0 aliphatic heterocycles. The number of nitriles is 1. The van der Waals surface area contributed by atoms with Crippen molar-refractivity contribution < 1.29 is 4.79 Å². The van der Waals surface area contributed by atoms with Gasteiger partial charge in [-0.15, -0.1) is 0 Å². The second-order valence-corrected chi connectivity index (χ2v) is 8.31. The fourth-order valence-electron chi connectivity index (χ4n) is 4.35. The van der Waals surface area contributed by atoms with Gasteiger partial charge < -0.3 is 9.88 Å². The molecule has 0 saturated heterocycles. The first-order valence-electron chi connectivity index (χ1n) is 11.7. The van der Waals surface area contributed by atoms with Crippen LogP contribution in [0.25, 0.3) is 22.4 Å². The van der Waals surface area contributed by atoms with E-state index in [1.165, 1.54) is 0 Å². The maximum Gasteiger partial charge on any atom is 0.324 e. The zero-order valence-corrected chi connectivity index (χ0v) is 19.6. The molecule has 2 N–H and O–H groups in total. The van der Waals surface area contributed by atoms with Crippen LogP contribution in [0, 0.1) is 11.3 Å². The summed E-state index contributed by atoms with van der Waals surface area (Å²) in [6, 6.07) is 41.0. The van der Waals surface area contributed by atoms with Crippen LogP contribution in [0.15, 0.2) is 121 Å². The van der Waals surface area contributed by atoms with Crippen LogP contribution in [0.3, 0.4) is 0 Å². The second-order valence-electron chi connectivity index (χ2n) is 8.31. The minimum absolute atomic E-state index is 0.413. The highest BCUT2D eigenvalue weighted by Crippen LogP contribution is 2.42. The van der Waals surface area contributed by atoms with Gasteiger partial charge in [-0.3, -0.25) is 5.32 Å². The van der Waals surface area contributed by atoms with E-state index in [-0.39, 0.29) is 0 Å². The summed E-state index contributed by atoms with van der Waals surface area (Å²) in [5.74, 6) is 0.451. The van der Waals surface area contributed by atoms with Crippen molar-refractivity contribution >= 4 is 17.5 Å². The highest BCUT2D eigenvalue weighted by molar-refractivity contribution is 6.03. The van der Waals surface area contributed by atoms with Crippen LogP contribution in [0.5, 0.6) is 0 Å². The van der Waals surface area contributed by atoms with E-state index in [1.54, 1.807) is 0 Å². The molecule has 0 radical (unpaired) electrons. The summed E-state index contributed by atoms with van der Waals surface area (Å²) in [5.41, 5.74) is 5.67.